The predicted octanol–water partition coefficient (Wildman–Crippen LogP) is 3.56. The molecule has 0 spiro atoms. The zero-order chi connectivity index (χ0) is 23.1. The highest BCUT2D eigenvalue weighted by Crippen LogP contribution is 2.32. The van der Waals surface area contributed by atoms with Crippen LogP contribution in [-0.2, 0) is 14.4 Å². The second-order valence-corrected chi connectivity index (χ2v) is 8.45. The summed E-state index contributed by atoms with van der Waals surface area (Å²) < 4.78 is 0. The van der Waals surface area contributed by atoms with Crippen LogP contribution < -0.4 is 10.6 Å². The summed E-state index contributed by atoms with van der Waals surface area (Å²) in [6.45, 7) is 2.19. The van der Waals surface area contributed by atoms with Gasteiger partial charge < -0.3 is 5.32 Å². The van der Waals surface area contributed by atoms with Crippen LogP contribution in [0.25, 0.3) is 0 Å². The first-order valence-corrected chi connectivity index (χ1v) is 11.6. The van der Waals surface area contributed by atoms with Crippen LogP contribution in [0.1, 0.15) is 98.3 Å². The van der Waals surface area contributed by atoms with E-state index in [4.69, 9.17) is 0 Å². The second kappa shape index (κ2) is 11.0. The molecule has 1 atom stereocenters. The van der Waals surface area contributed by atoms with E-state index in [1.54, 1.807) is 12.1 Å². The number of carbonyl (C=O) groups excluding carboxylic acids is 5. The van der Waals surface area contributed by atoms with Gasteiger partial charge in [-0.2, -0.15) is 0 Å². The number of hydrogen-bond acceptors (Lipinski definition) is 5. The van der Waals surface area contributed by atoms with Gasteiger partial charge >= 0.3 is 0 Å². The van der Waals surface area contributed by atoms with Crippen LogP contribution in [0, 0.1) is 0 Å². The molecular weight excluding hydrogens is 410 g/mol. The average molecular weight is 442 g/mol. The minimum absolute atomic E-state index is 0.0615. The average Bonchev–Trinajstić information content (AvgIpc) is 3.01. The molecule has 1 saturated heterocycles. The Bertz CT molecular complexity index is 911. The van der Waals surface area contributed by atoms with Gasteiger partial charge in [-0.3, -0.25) is 34.2 Å². The molecule has 5 amide bonds. The number of amides is 5. The summed E-state index contributed by atoms with van der Waals surface area (Å²) in [5.74, 6) is -2.49. The smallest absolute Gasteiger partial charge is 0.264 e. The standard InChI is InChI=1S/C24H31N3O5/c1-2-3-4-5-6-7-8-9-13-19(28)25-17-12-10-11-16-21(17)24(32)27(23(16)31)18-14-15-20(29)26-22(18)30/h10-12,18H,2-9,13-15H2,1H3,(H,25,28)(H,26,29,30). The molecule has 1 fully saturated rings. The first-order chi connectivity index (χ1) is 15.4. The molecule has 2 N–H and O–H groups in total. The number of fused-ring (bicyclic) bond motifs is 1. The summed E-state index contributed by atoms with van der Waals surface area (Å²) in [5, 5.41) is 4.94. The molecule has 0 bridgehead atoms. The number of nitrogens with one attached hydrogen (secondary N) is 2. The van der Waals surface area contributed by atoms with Crippen molar-refractivity contribution >= 4 is 35.2 Å². The molecule has 0 aliphatic carbocycles. The molecule has 32 heavy (non-hydrogen) atoms. The number of anilines is 1. The fourth-order valence-electron chi connectivity index (χ4n) is 4.25. The highest BCUT2D eigenvalue weighted by atomic mass is 16.2. The molecule has 172 valence electrons. The summed E-state index contributed by atoms with van der Waals surface area (Å²) in [4.78, 5) is 62.8. The maximum absolute atomic E-state index is 13.0. The van der Waals surface area contributed by atoms with Crippen molar-refractivity contribution in [3.8, 4) is 0 Å². The van der Waals surface area contributed by atoms with E-state index in [9.17, 15) is 24.0 Å². The highest BCUT2D eigenvalue weighted by molar-refractivity contribution is 6.26. The van der Waals surface area contributed by atoms with Gasteiger partial charge in [0.25, 0.3) is 11.8 Å². The topological polar surface area (TPSA) is 113 Å². The van der Waals surface area contributed by atoms with Gasteiger partial charge in [0.2, 0.25) is 17.7 Å². The zero-order valence-electron chi connectivity index (χ0n) is 18.6. The van der Waals surface area contributed by atoms with E-state index in [2.05, 4.69) is 17.6 Å². The summed E-state index contributed by atoms with van der Waals surface area (Å²) >= 11 is 0. The van der Waals surface area contributed by atoms with Crippen molar-refractivity contribution in [3.05, 3.63) is 29.3 Å². The van der Waals surface area contributed by atoms with Crippen LogP contribution in [0.2, 0.25) is 0 Å². The third kappa shape index (κ3) is 5.41. The third-order valence-corrected chi connectivity index (χ3v) is 6.00. The van der Waals surface area contributed by atoms with E-state index in [1.807, 2.05) is 0 Å². The Kier molecular flexibility index (Phi) is 8.14. The maximum Gasteiger partial charge on any atom is 0.264 e. The number of hydrogen-bond donors (Lipinski definition) is 2. The maximum atomic E-state index is 13.0. The minimum Gasteiger partial charge on any atom is -0.325 e. The van der Waals surface area contributed by atoms with Gasteiger partial charge in [0, 0.05) is 12.8 Å². The molecule has 1 unspecified atom stereocenters. The Hall–Kier alpha value is -3.03. The number of unbranched alkanes of at least 4 members (excludes halogenated alkanes) is 7. The molecule has 1 aromatic rings. The fraction of sp³-hybridized carbons (Fsp3) is 0.542. The lowest BCUT2D eigenvalue weighted by Crippen LogP contribution is -2.54. The lowest BCUT2D eigenvalue weighted by atomic mass is 10.0. The van der Waals surface area contributed by atoms with E-state index in [0.29, 0.717) is 6.42 Å². The number of nitrogens with zero attached hydrogens (tertiary/aromatic N) is 1. The fourth-order valence-corrected chi connectivity index (χ4v) is 4.25. The first kappa shape index (κ1) is 23.6. The Morgan fingerprint density at radius 3 is 2.38 bits per heavy atom. The van der Waals surface area contributed by atoms with Crippen LogP contribution in [-0.4, -0.2) is 40.5 Å². The van der Waals surface area contributed by atoms with Crippen molar-refractivity contribution in [2.75, 3.05) is 5.32 Å². The third-order valence-electron chi connectivity index (χ3n) is 6.00. The Balaban J connectivity index is 1.57. The van der Waals surface area contributed by atoms with Gasteiger partial charge in [0.15, 0.2) is 0 Å². The van der Waals surface area contributed by atoms with Crippen LogP contribution in [0.3, 0.4) is 0 Å². The van der Waals surface area contributed by atoms with Crippen LogP contribution in [0.5, 0.6) is 0 Å². The van der Waals surface area contributed by atoms with Gasteiger partial charge in [-0.25, -0.2) is 0 Å². The molecule has 0 radical (unpaired) electrons. The number of rotatable bonds is 11. The van der Waals surface area contributed by atoms with Gasteiger partial charge in [-0.05, 0) is 25.0 Å². The lowest BCUT2D eigenvalue weighted by molar-refractivity contribution is -0.136. The van der Waals surface area contributed by atoms with E-state index in [-0.39, 0.29) is 35.6 Å². The van der Waals surface area contributed by atoms with Crippen molar-refractivity contribution < 1.29 is 24.0 Å². The number of carbonyl (C=O) groups is 5. The predicted molar refractivity (Wildman–Crippen MR) is 119 cm³/mol. The largest absolute Gasteiger partial charge is 0.325 e. The first-order valence-electron chi connectivity index (χ1n) is 11.6. The molecule has 2 aliphatic heterocycles. The Labute approximate surface area is 188 Å². The highest BCUT2D eigenvalue weighted by Gasteiger charge is 2.45. The molecule has 1 aromatic carbocycles. The van der Waals surface area contributed by atoms with Crippen molar-refractivity contribution in [3.63, 3.8) is 0 Å². The van der Waals surface area contributed by atoms with Crippen molar-refractivity contribution in [2.45, 2.75) is 83.6 Å². The molecule has 3 rings (SSSR count). The lowest BCUT2D eigenvalue weighted by Gasteiger charge is -2.27. The van der Waals surface area contributed by atoms with E-state index >= 15 is 0 Å². The molecule has 0 aromatic heterocycles. The number of imide groups is 2. The second-order valence-electron chi connectivity index (χ2n) is 8.45. The number of piperidine rings is 1. The number of benzene rings is 1. The van der Waals surface area contributed by atoms with E-state index < -0.39 is 29.7 Å². The van der Waals surface area contributed by atoms with Crippen molar-refractivity contribution in [1.29, 1.82) is 0 Å². The van der Waals surface area contributed by atoms with Gasteiger partial charge in [-0.1, -0.05) is 57.9 Å². The van der Waals surface area contributed by atoms with E-state index in [1.165, 1.54) is 38.2 Å². The SMILES string of the molecule is CCCCCCCCCCC(=O)Nc1cccc2c1C(=O)N(C1CCC(=O)NC1=O)C2=O. The summed E-state index contributed by atoms with van der Waals surface area (Å²) in [5.41, 5.74) is 0.538. The van der Waals surface area contributed by atoms with Crippen LogP contribution >= 0.6 is 0 Å². The molecule has 8 nitrogen and oxygen atoms in total. The van der Waals surface area contributed by atoms with Gasteiger partial charge in [0.05, 0.1) is 16.8 Å². The van der Waals surface area contributed by atoms with Crippen LogP contribution in [0.4, 0.5) is 5.69 Å². The quantitative estimate of drug-likeness (QED) is 0.403. The molecule has 0 saturated carbocycles. The van der Waals surface area contributed by atoms with Gasteiger partial charge in [0.1, 0.15) is 6.04 Å². The summed E-state index contributed by atoms with van der Waals surface area (Å²) in [7, 11) is 0. The normalized spacial score (nSPS) is 18.0. The molecule has 2 heterocycles. The Morgan fingerprint density at radius 2 is 1.69 bits per heavy atom. The molecule has 8 heteroatoms. The van der Waals surface area contributed by atoms with E-state index in [0.717, 1.165) is 24.2 Å². The van der Waals surface area contributed by atoms with Crippen molar-refractivity contribution in [2.24, 2.45) is 0 Å². The minimum atomic E-state index is -1.03. The molecule has 2 aliphatic rings. The van der Waals surface area contributed by atoms with Gasteiger partial charge in [-0.15, -0.1) is 0 Å². The summed E-state index contributed by atoms with van der Waals surface area (Å²) in [6.07, 6.45) is 9.52. The summed E-state index contributed by atoms with van der Waals surface area (Å²) in [6, 6.07) is 3.67. The van der Waals surface area contributed by atoms with Crippen molar-refractivity contribution in [1.82, 2.24) is 10.2 Å². The Morgan fingerprint density at radius 1 is 1.00 bits per heavy atom. The monoisotopic (exact) mass is 441 g/mol. The molecular formula is C24H31N3O5. The zero-order valence-corrected chi connectivity index (χ0v) is 18.6. The van der Waals surface area contributed by atoms with Crippen LogP contribution in [0.15, 0.2) is 18.2 Å².